The zero-order valence-electron chi connectivity index (χ0n) is 13.9. The first-order valence-electron chi connectivity index (χ1n) is 7.68. The molecule has 0 aliphatic heterocycles. The smallest absolute Gasteiger partial charge is 0.267 e. The Labute approximate surface area is 157 Å². The zero-order chi connectivity index (χ0) is 18.4. The first kappa shape index (κ1) is 18.9. The maximum absolute atomic E-state index is 12.3. The Morgan fingerprint density at radius 3 is 2.64 bits per heavy atom. The normalized spacial score (nSPS) is 10.9. The quantitative estimate of drug-likeness (QED) is 0.550. The third-order valence-electron chi connectivity index (χ3n) is 3.64. The Bertz CT molecular complexity index is 869. The highest BCUT2D eigenvalue weighted by Crippen LogP contribution is 2.25. The number of nitriles is 1. The Hall–Kier alpha value is -2.48. The minimum Gasteiger partial charge on any atom is -0.360 e. The lowest BCUT2D eigenvalue weighted by molar-refractivity contribution is -0.112. The number of carbonyl (C=O) groups is 1. The van der Waals surface area contributed by atoms with Crippen molar-refractivity contribution in [2.45, 2.75) is 20.3 Å². The van der Waals surface area contributed by atoms with Crippen LogP contribution in [-0.2, 0) is 11.2 Å². The molecule has 0 saturated heterocycles. The number of hydrogen-bond acceptors (Lipinski definition) is 3. The number of benzene rings is 2. The highest BCUT2D eigenvalue weighted by molar-refractivity contribution is 6.42. The molecule has 0 aliphatic rings. The molecule has 0 unspecified atom stereocenters. The molecule has 4 nitrogen and oxygen atoms in total. The molecule has 25 heavy (non-hydrogen) atoms. The Balaban J connectivity index is 2.19. The van der Waals surface area contributed by atoms with Crippen molar-refractivity contribution in [1.29, 1.82) is 5.26 Å². The van der Waals surface area contributed by atoms with Crippen LogP contribution >= 0.6 is 23.2 Å². The predicted molar refractivity (Wildman–Crippen MR) is 103 cm³/mol. The highest BCUT2D eigenvalue weighted by atomic mass is 35.5. The second-order valence-corrected chi connectivity index (χ2v) is 6.17. The fourth-order valence-electron chi connectivity index (χ4n) is 2.29. The van der Waals surface area contributed by atoms with E-state index in [9.17, 15) is 10.1 Å². The van der Waals surface area contributed by atoms with Crippen LogP contribution in [-0.4, -0.2) is 5.91 Å². The summed E-state index contributed by atoms with van der Waals surface area (Å²) >= 11 is 11.8. The van der Waals surface area contributed by atoms with E-state index < -0.39 is 5.91 Å². The molecule has 2 N–H and O–H groups in total. The third kappa shape index (κ3) is 4.76. The van der Waals surface area contributed by atoms with Gasteiger partial charge in [0.05, 0.1) is 10.0 Å². The molecule has 0 radical (unpaired) electrons. The molecular weight excluding hydrogens is 357 g/mol. The monoisotopic (exact) mass is 373 g/mol. The number of halogens is 2. The van der Waals surface area contributed by atoms with Crippen LogP contribution in [0.3, 0.4) is 0 Å². The van der Waals surface area contributed by atoms with Crippen molar-refractivity contribution in [1.82, 2.24) is 0 Å². The van der Waals surface area contributed by atoms with Crippen molar-refractivity contribution < 1.29 is 4.79 Å². The van der Waals surface area contributed by atoms with Gasteiger partial charge in [0.25, 0.3) is 5.91 Å². The summed E-state index contributed by atoms with van der Waals surface area (Å²) in [7, 11) is 0. The van der Waals surface area contributed by atoms with Crippen LogP contribution in [0.4, 0.5) is 11.4 Å². The summed E-state index contributed by atoms with van der Waals surface area (Å²) in [4.78, 5) is 12.3. The largest absolute Gasteiger partial charge is 0.360 e. The summed E-state index contributed by atoms with van der Waals surface area (Å²) in [5.41, 5.74) is 3.47. The van der Waals surface area contributed by atoms with E-state index in [0.29, 0.717) is 15.7 Å². The molecule has 0 saturated carbocycles. The van der Waals surface area contributed by atoms with E-state index in [0.717, 1.165) is 23.2 Å². The molecule has 2 aromatic rings. The molecule has 0 aromatic heterocycles. The standard InChI is InChI=1S/C19H17Cl2N3O/c1-3-13-6-4-5-12(2)18(13)23-11-14(10-22)19(25)24-15-7-8-16(20)17(21)9-15/h4-9,11,23H,3H2,1-2H3,(H,24,25)/b14-11-. The van der Waals surface area contributed by atoms with E-state index in [1.807, 2.05) is 38.1 Å². The van der Waals surface area contributed by atoms with Crippen LogP contribution in [0.15, 0.2) is 48.2 Å². The van der Waals surface area contributed by atoms with Crippen LogP contribution in [0.1, 0.15) is 18.1 Å². The summed E-state index contributed by atoms with van der Waals surface area (Å²) in [6, 6.07) is 12.6. The topological polar surface area (TPSA) is 64.9 Å². The van der Waals surface area contributed by atoms with Gasteiger partial charge in [0.15, 0.2) is 0 Å². The summed E-state index contributed by atoms with van der Waals surface area (Å²) in [5, 5.41) is 15.7. The van der Waals surface area contributed by atoms with Crippen molar-refractivity contribution in [2.24, 2.45) is 0 Å². The SMILES string of the molecule is CCc1cccc(C)c1N/C=C(/C#N)C(=O)Nc1ccc(Cl)c(Cl)c1. The summed E-state index contributed by atoms with van der Waals surface area (Å²) < 4.78 is 0. The number of rotatable bonds is 5. The fourth-order valence-corrected chi connectivity index (χ4v) is 2.59. The lowest BCUT2D eigenvalue weighted by atomic mass is 10.1. The molecular formula is C19H17Cl2N3O. The molecule has 128 valence electrons. The second kappa shape index (κ2) is 8.57. The van der Waals surface area contributed by atoms with Gasteiger partial charge in [0.1, 0.15) is 11.6 Å². The highest BCUT2D eigenvalue weighted by Gasteiger charge is 2.11. The van der Waals surface area contributed by atoms with Crippen molar-refractivity contribution in [3.05, 3.63) is 69.3 Å². The van der Waals surface area contributed by atoms with Gasteiger partial charge in [-0.25, -0.2) is 0 Å². The van der Waals surface area contributed by atoms with Crippen molar-refractivity contribution >= 4 is 40.5 Å². The van der Waals surface area contributed by atoms with Crippen molar-refractivity contribution in [3.63, 3.8) is 0 Å². The summed E-state index contributed by atoms with van der Waals surface area (Å²) in [6.07, 6.45) is 2.25. The van der Waals surface area contributed by atoms with E-state index in [2.05, 4.69) is 10.6 Å². The fraction of sp³-hybridized carbons (Fsp3) is 0.158. The summed E-state index contributed by atoms with van der Waals surface area (Å²) in [6.45, 7) is 4.02. The molecule has 2 rings (SSSR count). The van der Waals surface area contributed by atoms with Crippen LogP contribution in [0, 0.1) is 18.3 Å². The first-order chi connectivity index (χ1) is 12.0. The second-order valence-electron chi connectivity index (χ2n) is 5.36. The van der Waals surface area contributed by atoms with Gasteiger partial charge in [-0.2, -0.15) is 5.26 Å². The van der Waals surface area contributed by atoms with Gasteiger partial charge in [0.2, 0.25) is 0 Å². The lowest BCUT2D eigenvalue weighted by Crippen LogP contribution is -2.14. The van der Waals surface area contributed by atoms with Crippen molar-refractivity contribution in [2.75, 3.05) is 10.6 Å². The Morgan fingerprint density at radius 2 is 2.00 bits per heavy atom. The summed E-state index contributed by atoms with van der Waals surface area (Å²) in [5.74, 6) is -0.528. The molecule has 1 amide bonds. The molecule has 0 fully saturated rings. The van der Waals surface area contributed by atoms with Gasteiger partial charge in [-0.05, 0) is 42.7 Å². The Kier molecular flexibility index (Phi) is 6.46. The number of carbonyl (C=O) groups excluding carboxylic acids is 1. The average Bonchev–Trinajstić information content (AvgIpc) is 2.59. The van der Waals surface area contributed by atoms with E-state index >= 15 is 0 Å². The van der Waals surface area contributed by atoms with Gasteiger partial charge >= 0.3 is 0 Å². The number of aryl methyl sites for hydroxylation is 2. The maximum atomic E-state index is 12.3. The molecule has 0 heterocycles. The zero-order valence-corrected chi connectivity index (χ0v) is 15.4. The predicted octanol–water partition coefficient (Wildman–Crippen LogP) is 5.32. The van der Waals surface area contributed by atoms with E-state index in [4.69, 9.17) is 23.2 Å². The van der Waals surface area contributed by atoms with Gasteiger partial charge in [-0.1, -0.05) is 48.3 Å². The van der Waals surface area contributed by atoms with Crippen LogP contribution in [0.2, 0.25) is 10.0 Å². The van der Waals surface area contributed by atoms with Crippen LogP contribution < -0.4 is 10.6 Å². The minimum atomic E-state index is -0.528. The molecule has 0 aliphatic carbocycles. The molecule has 2 aromatic carbocycles. The van der Waals surface area contributed by atoms with Gasteiger partial charge in [-0.15, -0.1) is 0 Å². The molecule has 0 atom stereocenters. The average molecular weight is 374 g/mol. The number of anilines is 2. The molecule has 0 bridgehead atoms. The lowest BCUT2D eigenvalue weighted by Gasteiger charge is -2.11. The molecule has 6 heteroatoms. The molecule has 0 spiro atoms. The number of amides is 1. The van der Waals surface area contributed by atoms with Crippen LogP contribution in [0.5, 0.6) is 0 Å². The third-order valence-corrected chi connectivity index (χ3v) is 4.38. The Morgan fingerprint density at radius 1 is 1.24 bits per heavy atom. The number of para-hydroxylation sites is 1. The maximum Gasteiger partial charge on any atom is 0.267 e. The number of nitrogens with zero attached hydrogens (tertiary/aromatic N) is 1. The van der Waals surface area contributed by atoms with Gasteiger partial charge in [0, 0.05) is 17.6 Å². The van der Waals surface area contributed by atoms with E-state index in [1.165, 1.54) is 12.3 Å². The van der Waals surface area contributed by atoms with Crippen molar-refractivity contribution in [3.8, 4) is 6.07 Å². The van der Waals surface area contributed by atoms with E-state index in [1.54, 1.807) is 12.1 Å². The van der Waals surface area contributed by atoms with E-state index in [-0.39, 0.29) is 5.57 Å². The number of nitrogens with one attached hydrogen (secondary N) is 2. The first-order valence-corrected chi connectivity index (χ1v) is 8.43. The minimum absolute atomic E-state index is 0.0450. The van der Waals surface area contributed by atoms with Gasteiger partial charge in [-0.3, -0.25) is 4.79 Å². The van der Waals surface area contributed by atoms with Gasteiger partial charge < -0.3 is 10.6 Å². The number of hydrogen-bond donors (Lipinski definition) is 2. The van der Waals surface area contributed by atoms with Crippen LogP contribution in [0.25, 0.3) is 0 Å².